The Balaban J connectivity index is 2.16. The normalized spacial score (nSPS) is 12.1. The van der Waals surface area contributed by atoms with E-state index < -0.39 is 0 Å². The summed E-state index contributed by atoms with van der Waals surface area (Å²) in [4.78, 5) is 11.5. The first-order valence-electron chi connectivity index (χ1n) is 5.37. The fourth-order valence-electron chi connectivity index (χ4n) is 1.29. The first-order chi connectivity index (χ1) is 7.74. The quantitative estimate of drug-likeness (QED) is 0.708. The van der Waals surface area contributed by atoms with Crippen molar-refractivity contribution in [3.8, 4) is 0 Å². The van der Waals surface area contributed by atoms with Crippen molar-refractivity contribution in [3.63, 3.8) is 0 Å². The van der Waals surface area contributed by atoms with Gasteiger partial charge < -0.3 is 10.6 Å². The zero-order valence-electron chi connectivity index (χ0n) is 9.53. The van der Waals surface area contributed by atoms with Gasteiger partial charge in [0.1, 0.15) is 0 Å². The van der Waals surface area contributed by atoms with E-state index >= 15 is 0 Å². The van der Waals surface area contributed by atoms with Gasteiger partial charge in [-0.1, -0.05) is 6.08 Å². The molecule has 2 N–H and O–H groups in total. The second-order valence-electron chi connectivity index (χ2n) is 3.59. The molecule has 16 heavy (non-hydrogen) atoms. The molecule has 0 aliphatic heterocycles. The maximum atomic E-state index is 11.5. The number of amides is 1. The highest BCUT2D eigenvalue weighted by atomic mass is 32.1. The molecule has 88 valence electrons. The summed E-state index contributed by atoms with van der Waals surface area (Å²) < 4.78 is 0. The van der Waals surface area contributed by atoms with Crippen LogP contribution in [0.5, 0.6) is 0 Å². The molecule has 1 aromatic rings. The molecule has 0 aromatic carbocycles. The van der Waals surface area contributed by atoms with Gasteiger partial charge in [-0.15, -0.1) is 6.58 Å². The summed E-state index contributed by atoms with van der Waals surface area (Å²) in [5.41, 5.74) is 1.32. The second-order valence-corrected chi connectivity index (χ2v) is 4.37. The van der Waals surface area contributed by atoms with Crippen molar-refractivity contribution in [1.29, 1.82) is 0 Å². The Morgan fingerprint density at radius 2 is 2.50 bits per heavy atom. The molecule has 0 radical (unpaired) electrons. The van der Waals surface area contributed by atoms with Gasteiger partial charge in [0.2, 0.25) is 5.91 Å². The zero-order chi connectivity index (χ0) is 11.8. The average Bonchev–Trinajstić information content (AvgIpc) is 2.78. The van der Waals surface area contributed by atoms with Gasteiger partial charge in [0.15, 0.2) is 0 Å². The van der Waals surface area contributed by atoms with Gasteiger partial charge in [-0.3, -0.25) is 4.79 Å². The first kappa shape index (κ1) is 12.9. The lowest BCUT2D eigenvalue weighted by Gasteiger charge is -2.12. The summed E-state index contributed by atoms with van der Waals surface area (Å²) in [6.45, 7) is 6.76. The molecule has 0 bridgehead atoms. The van der Waals surface area contributed by atoms with Crippen LogP contribution in [0.1, 0.15) is 12.5 Å². The van der Waals surface area contributed by atoms with E-state index in [1.54, 1.807) is 17.4 Å². The van der Waals surface area contributed by atoms with E-state index in [1.807, 2.05) is 6.92 Å². The van der Waals surface area contributed by atoms with E-state index in [9.17, 15) is 4.79 Å². The van der Waals surface area contributed by atoms with Crippen molar-refractivity contribution in [2.75, 3.05) is 13.1 Å². The van der Waals surface area contributed by atoms with Crippen LogP contribution in [0.15, 0.2) is 29.5 Å². The lowest BCUT2D eigenvalue weighted by molar-refractivity contribution is -0.122. The van der Waals surface area contributed by atoms with Crippen molar-refractivity contribution in [2.45, 2.75) is 19.4 Å². The van der Waals surface area contributed by atoms with Gasteiger partial charge in [-0.05, 0) is 42.3 Å². The molecule has 0 aliphatic carbocycles. The number of carbonyl (C=O) groups is 1. The minimum absolute atomic E-state index is 0.0187. The van der Waals surface area contributed by atoms with E-state index in [-0.39, 0.29) is 11.9 Å². The monoisotopic (exact) mass is 238 g/mol. The molecule has 0 saturated heterocycles. The van der Waals surface area contributed by atoms with Crippen LogP contribution in [-0.4, -0.2) is 25.0 Å². The van der Waals surface area contributed by atoms with Crippen LogP contribution in [0, 0.1) is 0 Å². The van der Waals surface area contributed by atoms with Gasteiger partial charge in [-0.2, -0.15) is 11.3 Å². The number of thiophene rings is 1. The van der Waals surface area contributed by atoms with Gasteiger partial charge in [0.25, 0.3) is 0 Å². The highest BCUT2D eigenvalue weighted by molar-refractivity contribution is 7.07. The van der Waals surface area contributed by atoms with Crippen molar-refractivity contribution >= 4 is 17.2 Å². The highest BCUT2D eigenvalue weighted by Crippen LogP contribution is 2.05. The number of hydrogen-bond donors (Lipinski definition) is 2. The molecule has 0 aliphatic rings. The predicted octanol–water partition coefficient (Wildman–Crippen LogP) is 1.57. The van der Waals surface area contributed by atoms with E-state index in [0.29, 0.717) is 6.54 Å². The predicted molar refractivity (Wildman–Crippen MR) is 68.7 cm³/mol. The summed E-state index contributed by atoms with van der Waals surface area (Å²) in [6.07, 6.45) is 2.64. The summed E-state index contributed by atoms with van der Waals surface area (Å²) in [7, 11) is 0. The highest BCUT2D eigenvalue weighted by Gasteiger charge is 2.09. The third-order valence-electron chi connectivity index (χ3n) is 2.26. The van der Waals surface area contributed by atoms with Gasteiger partial charge in [0, 0.05) is 6.54 Å². The average molecular weight is 238 g/mol. The first-order valence-corrected chi connectivity index (χ1v) is 6.31. The molecule has 4 heteroatoms. The smallest absolute Gasteiger partial charge is 0.237 e. The van der Waals surface area contributed by atoms with Gasteiger partial charge in [0.05, 0.1) is 6.04 Å². The Bertz CT molecular complexity index is 322. The van der Waals surface area contributed by atoms with Crippen LogP contribution >= 0.6 is 11.3 Å². The van der Waals surface area contributed by atoms with Crippen LogP contribution in [0.25, 0.3) is 0 Å². The molecule has 1 unspecified atom stereocenters. The number of rotatable bonds is 7. The Morgan fingerprint density at radius 1 is 1.69 bits per heavy atom. The van der Waals surface area contributed by atoms with E-state index in [1.165, 1.54) is 5.56 Å². The van der Waals surface area contributed by atoms with Crippen molar-refractivity contribution < 1.29 is 4.79 Å². The van der Waals surface area contributed by atoms with Gasteiger partial charge >= 0.3 is 0 Å². The molecule has 1 rings (SSSR count). The fourth-order valence-corrected chi connectivity index (χ4v) is 1.99. The van der Waals surface area contributed by atoms with Crippen molar-refractivity contribution in [1.82, 2.24) is 10.6 Å². The molecule has 0 fully saturated rings. The standard InChI is InChI=1S/C12H18N2OS/c1-3-6-14-12(15)10(2)13-7-4-11-5-8-16-9-11/h3,5,8-10,13H,1,4,6-7H2,2H3,(H,14,15). The number of hydrogen-bond acceptors (Lipinski definition) is 3. The second kappa shape index (κ2) is 7.19. The minimum atomic E-state index is -0.154. The molecule has 0 spiro atoms. The van der Waals surface area contributed by atoms with Crippen LogP contribution in [0.3, 0.4) is 0 Å². The molecule has 1 heterocycles. The molecule has 0 saturated carbocycles. The SMILES string of the molecule is C=CCNC(=O)C(C)NCCc1ccsc1. The van der Waals surface area contributed by atoms with E-state index in [4.69, 9.17) is 0 Å². The third kappa shape index (κ3) is 4.59. The van der Waals surface area contributed by atoms with Crippen LogP contribution in [-0.2, 0) is 11.2 Å². The Hall–Kier alpha value is -1.13. The maximum Gasteiger partial charge on any atom is 0.237 e. The lowest BCUT2D eigenvalue weighted by Crippen LogP contribution is -2.42. The minimum Gasteiger partial charge on any atom is -0.351 e. The summed E-state index contributed by atoms with van der Waals surface area (Å²) in [5, 5.41) is 10.1. The number of carbonyl (C=O) groups excluding carboxylic acids is 1. The van der Waals surface area contributed by atoms with E-state index in [2.05, 4.69) is 34.0 Å². The zero-order valence-corrected chi connectivity index (χ0v) is 10.3. The van der Waals surface area contributed by atoms with Crippen LogP contribution in [0.4, 0.5) is 0 Å². The fraction of sp³-hybridized carbons (Fsp3) is 0.417. The van der Waals surface area contributed by atoms with Crippen molar-refractivity contribution in [2.24, 2.45) is 0 Å². The summed E-state index contributed by atoms with van der Waals surface area (Å²) >= 11 is 1.70. The molecular weight excluding hydrogens is 220 g/mol. The molecule has 1 aromatic heterocycles. The Morgan fingerprint density at radius 3 is 3.12 bits per heavy atom. The largest absolute Gasteiger partial charge is 0.351 e. The molecule has 1 amide bonds. The van der Waals surface area contributed by atoms with Crippen LogP contribution < -0.4 is 10.6 Å². The lowest BCUT2D eigenvalue weighted by atomic mass is 10.2. The Kier molecular flexibility index (Phi) is 5.82. The van der Waals surface area contributed by atoms with E-state index in [0.717, 1.165) is 13.0 Å². The molecular formula is C12H18N2OS. The van der Waals surface area contributed by atoms with Crippen molar-refractivity contribution in [3.05, 3.63) is 35.0 Å². The number of nitrogens with one attached hydrogen (secondary N) is 2. The topological polar surface area (TPSA) is 41.1 Å². The molecule has 3 nitrogen and oxygen atoms in total. The Labute approximate surface area is 101 Å². The maximum absolute atomic E-state index is 11.5. The van der Waals surface area contributed by atoms with Crippen LogP contribution in [0.2, 0.25) is 0 Å². The van der Waals surface area contributed by atoms with Gasteiger partial charge in [-0.25, -0.2) is 0 Å². The summed E-state index contributed by atoms with van der Waals surface area (Å²) in [5.74, 6) is 0.0187. The summed E-state index contributed by atoms with van der Waals surface area (Å²) in [6, 6.07) is 1.95. The third-order valence-corrected chi connectivity index (χ3v) is 2.99. The molecule has 1 atom stereocenters.